The van der Waals surface area contributed by atoms with Gasteiger partial charge in [-0.2, -0.15) is 0 Å². The molecule has 1 amide bonds. The summed E-state index contributed by atoms with van der Waals surface area (Å²) in [4.78, 5) is 14.6. The van der Waals surface area contributed by atoms with Crippen LogP contribution in [0.4, 0.5) is 0 Å². The van der Waals surface area contributed by atoms with Crippen molar-refractivity contribution in [2.24, 2.45) is 0 Å². The quantitative estimate of drug-likeness (QED) is 0.565. The van der Waals surface area contributed by atoms with Gasteiger partial charge in [0.15, 0.2) is 10.9 Å². The van der Waals surface area contributed by atoms with E-state index in [1.165, 1.54) is 24.6 Å². The molecule has 1 aliphatic rings. The summed E-state index contributed by atoms with van der Waals surface area (Å²) in [5, 5.41) is 9.80. The zero-order valence-electron chi connectivity index (χ0n) is 15.4. The van der Waals surface area contributed by atoms with E-state index in [0.29, 0.717) is 27.5 Å². The number of aromatic nitrogens is 3. The monoisotopic (exact) mass is 416 g/mol. The summed E-state index contributed by atoms with van der Waals surface area (Å²) in [7, 11) is 0. The standard InChI is InChI=1S/C20H21ClN4O2S/c21-15-8-3-4-9-16(15)25-19(17-10-7-13-27-17)22-23-20(25)28-14-18(26)24-11-5-1-2-6-12-24/h3-4,7-10,13H,1-2,5-6,11-12,14H2. The van der Waals surface area contributed by atoms with Crippen molar-refractivity contribution >= 4 is 29.3 Å². The Morgan fingerprint density at radius 1 is 1.07 bits per heavy atom. The van der Waals surface area contributed by atoms with Crippen LogP contribution in [0.1, 0.15) is 25.7 Å². The Hall–Kier alpha value is -2.25. The number of likely N-dealkylation sites (tertiary alicyclic amines) is 1. The minimum Gasteiger partial charge on any atom is -0.461 e. The van der Waals surface area contributed by atoms with Crippen LogP contribution < -0.4 is 0 Å². The molecule has 1 fully saturated rings. The normalized spacial score (nSPS) is 14.8. The van der Waals surface area contributed by atoms with E-state index in [-0.39, 0.29) is 5.91 Å². The van der Waals surface area contributed by atoms with Crippen LogP contribution in [-0.2, 0) is 4.79 Å². The number of hydrogen-bond acceptors (Lipinski definition) is 5. The largest absolute Gasteiger partial charge is 0.461 e. The topological polar surface area (TPSA) is 64.2 Å². The summed E-state index contributed by atoms with van der Waals surface area (Å²) in [5.41, 5.74) is 0.755. The van der Waals surface area contributed by atoms with Crippen molar-refractivity contribution in [1.82, 2.24) is 19.7 Å². The maximum Gasteiger partial charge on any atom is 0.233 e. The van der Waals surface area contributed by atoms with Crippen molar-refractivity contribution in [1.29, 1.82) is 0 Å². The molecule has 0 unspecified atom stereocenters. The number of hydrogen-bond donors (Lipinski definition) is 0. The lowest BCUT2D eigenvalue weighted by atomic mass is 10.2. The number of nitrogens with zero attached hydrogens (tertiary/aromatic N) is 4. The molecule has 0 radical (unpaired) electrons. The van der Waals surface area contributed by atoms with Gasteiger partial charge in [0.2, 0.25) is 11.7 Å². The number of rotatable bonds is 5. The summed E-state index contributed by atoms with van der Waals surface area (Å²) >= 11 is 7.81. The first-order chi connectivity index (χ1) is 13.7. The molecule has 4 rings (SSSR count). The molecule has 1 aromatic carbocycles. The van der Waals surface area contributed by atoms with Crippen molar-refractivity contribution in [2.75, 3.05) is 18.8 Å². The Balaban J connectivity index is 1.60. The number of furan rings is 1. The maximum absolute atomic E-state index is 12.7. The minimum absolute atomic E-state index is 0.139. The molecule has 1 aliphatic heterocycles. The Morgan fingerprint density at radius 2 is 1.86 bits per heavy atom. The minimum atomic E-state index is 0.139. The molecule has 0 spiro atoms. The van der Waals surface area contributed by atoms with Crippen LogP contribution in [0.15, 0.2) is 52.2 Å². The van der Waals surface area contributed by atoms with Gasteiger partial charge in [-0.15, -0.1) is 10.2 Å². The molecule has 0 aliphatic carbocycles. The van der Waals surface area contributed by atoms with Crippen LogP contribution in [0.2, 0.25) is 5.02 Å². The second-order valence-electron chi connectivity index (χ2n) is 6.65. The van der Waals surface area contributed by atoms with Crippen LogP contribution in [-0.4, -0.2) is 44.4 Å². The lowest BCUT2D eigenvalue weighted by molar-refractivity contribution is -0.128. The molecule has 0 saturated carbocycles. The lowest BCUT2D eigenvalue weighted by Gasteiger charge is -2.20. The molecular formula is C20H21ClN4O2S. The Bertz CT molecular complexity index is 934. The predicted molar refractivity (Wildman–Crippen MR) is 110 cm³/mol. The zero-order valence-corrected chi connectivity index (χ0v) is 17.0. The Morgan fingerprint density at radius 3 is 2.57 bits per heavy atom. The van der Waals surface area contributed by atoms with E-state index in [4.69, 9.17) is 16.0 Å². The molecule has 0 atom stereocenters. The van der Waals surface area contributed by atoms with Crippen molar-refractivity contribution in [3.8, 4) is 17.3 Å². The van der Waals surface area contributed by atoms with Gasteiger partial charge < -0.3 is 9.32 Å². The van der Waals surface area contributed by atoms with Crippen LogP contribution in [0.3, 0.4) is 0 Å². The highest BCUT2D eigenvalue weighted by molar-refractivity contribution is 7.99. The zero-order chi connectivity index (χ0) is 19.3. The van der Waals surface area contributed by atoms with Crippen molar-refractivity contribution in [3.05, 3.63) is 47.7 Å². The average Bonchev–Trinajstić information content (AvgIpc) is 3.29. The fourth-order valence-electron chi connectivity index (χ4n) is 3.32. The smallest absolute Gasteiger partial charge is 0.233 e. The highest BCUT2D eigenvalue weighted by atomic mass is 35.5. The lowest BCUT2D eigenvalue weighted by Crippen LogP contribution is -2.33. The summed E-state index contributed by atoms with van der Waals surface area (Å²) in [6, 6.07) is 11.1. The Kier molecular flexibility index (Phi) is 6.02. The first kappa shape index (κ1) is 19.1. The highest BCUT2D eigenvalue weighted by Crippen LogP contribution is 2.31. The molecule has 3 heterocycles. The van der Waals surface area contributed by atoms with E-state index in [1.54, 1.807) is 12.3 Å². The van der Waals surface area contributed by atoms with Crippen molar-refractivity contribution < 1.29 is 9.21 Å². The third-order valence-electron chi connectivity index (χ3n) is 4.75. The van der Waals surface area contributed by atoms with Gasteiger partial charge in [-0.05, 0) is 37.1 Å². The van der Waals surface area contributed by atoms with Crippen LogP contribution >= 0.6 is 23.4 Å². The summed E-state index contributed by atoms with van der Waals surface area (Å²) in [6.07, 6.45) is 6.15. The second-order valence-corrected chi connectivity index (χ2v) is 8.00. The molecular weight excluding hydrogens is 396 g/mol. The van der Waals surface area contributed by atoms with E-state index in [1.807, 2.05) is 39.8 Å². The molecule has 28 heavy (non-hydrogen) atoms. The van der Waals surface area contributed by atoms with Gasteiger partial charge in [0.05, 0.1) is 22.7 Å². The molecule has 8 heteroatoms. The second kappa shape index (κ2) is 8.84. The fourth-order valence-corrected chi connectivity index (χ4v) is 4.38. The summed E-state index contributed by atoms with van der Waals surface area (Å²) in [5.74, 6) is 1.61. The third kappa shape index (κ3) is 4.10. The van der Waals surface area contributed by atoms with E-state index in [9.17, 15) is 4.79 Å². The van der Waals surface area contributed by atoms with E-state index in [0.717, 1.165) is 31.6 Å². The molecule has 3 aromatic rings. The summed E-state index contributed by atoms with van der Waals surface area (Å²) < 4.78 is 7.37. The number of halogens is 1. The number of benzene rings is 1. The number of thioether (sulfide) groups is 1. The first-order valence-corrected chi connectivity index (χ1v) is 10.7. The van der Waals surface area contributed by atoms with Gasteiger partial charge in [0.1, 0.15) is 0 Å². The van der Waals surface area contributed by atoms with Crippen molar-refractivity contribution in [2.45, 2.75) is 30.8 Å². The van der Waals surface area contributed by atoms with Crippen LogP contribution in [0.25, 0.3) is 17.3 Å². The van der Waals surface area contributed by atoms with Crippen LogP contribution in [0.5, 0.6) is 0 Å². The van der Waals surface area contributed by atoms with Crippen LogP contribution in [0, 0.1) is 0 Å². The highest BCUT2D eigenvalue weighted by Gasteiger charge is 2.22. The predicted octanol–water partition coefficient (Wildman–Crippen LogP) is 4.68. The number of amides is 1. The molecule has 0 N–H and O–H groups in total. The van der Waals surface area contributed by atoms with E-state index >= 15 is 0 Å². The molecule has 0 bridgehead atoms. The molecule has 146 valence electrons. The maximum atomic E-state index is 12.7. The van der Waals surface area contributed by atoms with Gasteiger partial charge in [-0.3, -0.25) is 9.36 Å². The Labute approximate surface area is 172 Å². The molecule has 1 saturated heterocycles. The number of carbonyl (C=O) groups is 1. The molecule has 6 nitrogen and oxygen atoms in total. The van der Waals surface area contributed by atoms with Gasteiger partial charge in [0, 0.05) is 13.1 Å². The van der Waals surface area contributed by atoms with Gasteiger partial charge in [-0.1, -0.05) is 48.3 Å². The van der Waals surface area contributed by atoms with E-state index < -0.39 is 0 Å². The number of para-hydroxylation sites is 1. The summed E-state index contributed by atoms with van der Waals surface area (Å²) in [6.45, 7) is 1.68. The van der Waals surface area contributed by atoms with Gasteiger partial charge in [-0.25, -0.2) is 0 Å². The fraction of sp³-hybridized carbons (Fsp3) is 0.350. The van der Waals surface area contributed by atoms with E-state index in [2.05, 4.69) is 10.2 Å². The van der Waals surface area contributed by atoms with Crippen molar-refractivity contribution in [3.63, 3.8) is 0 Å². The third-order valence-corrected chi connectivity index (χ3v) is 5.99. The SMILES string of the molecule is O=C(CSc1nnc(-c2ccco2)n1-c1ccccc1Cl)N1CCCCCC1. The average molecular weight is 417 g/mol. The van der Waals surface area contributed by atoms with Gasteiger partial charge >= 0.3 is 0 Å². The first-order valence-electron chi connectivity index (χ1n) is 9.39. The molecule has 2 aromatic heterocycles. The number of carbonyl (C=O) groups excluding carboxylic acids is 1. The van der Waals surface area contributed by atoms with Gasteiger partial charge in [0.25, 0.3) is 0 Å².